The Kier molecular flexibility index (Phi) is 3.93. The maximum absolute atomic E-state index is 12.8. The van der Waals surface area contributed by atoms with E-state index < -0.39 is 0 Å². The summed E-state index contributed by atoms with van der Waals surface area (Å²) in [6.07, 6.45) is 0.314. The molecular formula is C18H16N2O3. The van der Waals surface area contributed by atoms with Gasteiger partial charge in [-0.15, -0.1) is 0 Å². The molecule has 0 saturated carbocycles. The van der Waals surface area contributed by atoms with Crippen molar-refractivity contribution in [2.45, 2.75) is 13.3 Å². The Bertz CT molecular complexity index is 798. The average molecular weight is 308 g/mol. The number of rotatable bonds is 2. The highest BCUT2D eigenvalue weighted by Gasteiger charge is 2.27. The summed E-state index contributed by atoms with van der Waals surface area (Å²) in [5.74, 6) is -0.322. The molecule has 5 heteroatoms. The third-order valence-corrected chi connectivity index (χ3v) is 3.73. The molecule has 2 amide bonds. The Morgan fingerprint density at radius 1 is 1.09 bits per heavy atom. The number of nitrogens with one attached hydrogen (secondary N) is 1. The lowest BCUT2D eigenvalue weighted by Crippen LogP contribution is -2.37. The van der Waals surface area contributed by atoms with Crippen molar-refractivity contribution in [2.24, 2.45) is 0 Å². The number of hydrogen-bond acceptors (Lipinski definition) is 3. The van der Waals surface area contributed by atoms with Gasteiger partial charge >= 0.3 is 0 Å². The molecule has 23 heavy (non-hydrogen) atoms. The molecular weight excluding hydrogens is 292 g/mol. The maximum atomic E-state index is 12.8. The fourth-order valence-electron chi connectivity index (χ4n) is 2.71. The molecule has 0 aromatic heterocycles. The zero-order valence-electron chi connectivity index (χ0n) is 12.7. The second kappa shape index (κ2) is 6.04. The maximum Gasteiger partial charge on any atom is 0.258 e. The van der Waals surface area contributed by atoms with E-state index in [1.165, 1.54) is 6.92 Å². The molecule has 0 aliphatic carbocycles. The summed E-state index contributed by atoms with van der Waals surface area (Å²) in [5, 5.41) is 2.67. The summed E-state index contributed by atoms with van der Waals surface area (Å²) in [7, 11) is 0. The number of fused-ring (bicyclic) bond motifs is 1. The number of carbonyl (C=O) groups excluding carboxylic acids is 3. The number of nitrogens with zero attached hydrogens (tertiary/aromatic N) is 1. The van der Waals surface area contributed by atoms with Crippen LogP contribution in [0, 0.1) is 0 Å². The predicted octanol–water partition coefficient (Wildman–Crippen LogP) is 2.88. The predicted molar refractivity (Wildman–Crippen MR) is 87.8 cm³/mol. The third-order valence-electron chi connectivity index (χ3n) is 3.73. The van der Waals surface area contributed by atoms with Gasteiger partial charge in [-0.2, -0.15) is 0 Å². The Hall–Kier alpha value is -2.95. The molecule has 1 heterocycles. The Labute approximate surface area is 133 Å². The van der Waals surface area contributed by atoms with Crippen LogP contribution in [0.5, 0.6) is 0 Å². The first-order chi connectivity index (χ1) is 11.1. The molecule has 1 aliphatic rings. The molecule has 1 N–H and O–H groups in total. The van der Waals surface area contributed by atoms with Gasteiger partial charge in [-0.05, 0) is 30.3 Å². The van der Waals surface area contributed by atoms with Crippen molar-refractivity contribution in [1.29, 1.82) is 0 Å². The molecule has 0 spiro atoms. The van der Waals surface area contributed by atoms with Crippen LogP contribution in [0.15, 0.2) is 48.5 Å². The van der Waals surface area contributed by atoms with Gasteiger partial charge in [-0.25, -0.2) is 0 Å². The van der Waals surface area contributed by atoms with Crippen molar-refractivity contribution < 1.29 is 14.4 Å². The van der Waals surface area contributed by atoms with Crippen LogP contribution < -0.4 is 10.2 Å². The number of benzene rings is 2. The molecule has 1 aliphatic heterocycles. The largest absolute Gasteiger partial charge is 0.326 e. The Balaban J connectivity index is 1.94. The highest BCUT2D eigenvalue weighted by molar-refractivity contribution is 6.13. The van der Waals surface area contributed by atoms with Gasteiger partial charge in [0, 0.05) is 36.7 Å². The first kappa shape index (κ1) is 15.0. The minimum atomic E-state index is -0.191. The lowest BCUT2D eigenvalue weighted by molar-refractivity contribution is -0.114. The first-order valence-corrected chi connectivity index (χ1v) is 7.38. The number of ketones is 1. The highest BCUT2D eigenvalue weighted by Crippen LogP contribution is 2.28. The SMILES string of the molecule is CC(=O)Nc1cccc(C(=O)N2CCC(=O)c3ccccc32)c1. The molecule has 0 atom stereocenters. The van der Waals surface area contributed by atoms with Crippen molar-refractivity contribution in [3.63, 3.8) is 0 Å². The number of hydrogen-bond donors (Lipinski definition) is 1. The molecule has 5 nitrogen and oxygen atoms in total. The van der Waals surface area contributed by atoms with Crippen LogP contribution in [-0.2, 0) is 4.79 Å². The molecule has 0 unspecified atom stereocenters. The Morgan fingerprint density at radius 2 is 1.87 bits per heavy atom. The van der Waals surface area contributed by atoms with Crippen LogP contribution in [0.2, 0.25) is 0 Å². The van der Waals surface area contributed by atoms with Gasteiger partial charge in [-0.1, -0.05) is 18.2 Å². The minimum absolute atomic E-state index is 0.0525. The fourth-order valence-corrected chi connectivity index (χ4v) is 2.71. The van der Waals surface area contributed by atoms with Gasteiger partial charge < -0.3 is 10.2 Å². The van der Waals surface area contributed by atoms with Crippen LogP contribution >= 0.6 is 0 Å². The van der Waals surface area contributed by atoms with Crippen molar-refractivity contribution in [2.75, 3.05) is 16.8 Å². The molecule has 0 fully saturated rings. The van der Waals surface area contributed by atoms with Crippen molar-refractivity contribution in [3.8, 4) is 0 Å². The zero-order chi connectivity index (χ0) is 16.4. The average Bonchev–Trinajstić information content (AvgIpc) is 2.54. The lowest BCUT2D eigenvalue weighted by atomic mass is 9.99. The van der Waals surface area contributed by atoms with E-state index in [4.69, 9.17) is 0 Å². The molecule has 0 radical (unpaired) electrons. The normalized spacial score (nSPS) is 13.4. The molecule has 116 valence electrons. The van der Waals surface area contributed by atoms with E-state index in [0.717, 1.165) is 0 Å². The highest BCUT2D eigenvalue weighted by atomic mass is 16.2. The van der Waals surface area contributed by atoms with Crippen LogP contribution in [0.25, 0.3) is 0 Å². The Morgan fingerprint density at radius 3 is 2.65 bits per heavy atom. The lowest BCUT2D eigenvalue weighted by Gasteiger charge is -2.28. The molecule has 3 rings (SSSR count). The summed E-state index contributed by atoms with van der Waals surface area (Å²) >= 11 is 0. The van der Waals surface area contributed by atoms with Gasteiger partial charge in [0.05, 0.1) is 5.69 Å². The smallest absolute Gasteiger partial charge is 0.258 e. The summed E-state index contributed by atoms with van der Waals surface area (Å²) in [5.41, 5.74) is 2.26. The monoisotopic (exact) mass is 308 g/mol. The number of para-hydroxylation sites is 1. The van der Waals surface area contributed by atoms with Gasteiger partial charge in [0.25, 0.3) is 5.91 Å². The van der Waals surface area contributed by atoms with E-state index in [2.05, 4.69) is 5.32 Å². The fraction of sp³-hybridized carbons (Fsp3) is 0.167. The third kappa shape index (κ3) is 2.99. The van der Waals surface area contributed by atoms with Crippen LogP contribution in [0.4, 0.5) is 11.4 Å². The number of amides is 2. The van der Waals surface area contributed by atoms with Crippen molar-refractivity contribution in [1.82, 2.24) is 0 Å². The molecule has 2 aromatic carbocycles. The van der Waals surface area contributed by atoms with Gasteiger partial charge in [-0.3, -0.25) is 14.4 Å². The second-order valence-electron chi connectivity index (χ2n) is 5.41. The van der Waals surface area contributed by atoms with Gasteiger partial charge in [0.2, 0.25) is 5.91 Å². The summed E-state index contributed by atoms with van der Waals surface area (Å²) < 4.78 is 0. The number of Topliss-reactive ketones (excluding diaryl/α,β-unsaturated/α-hetero) is 1. The van der Waals surface area contributed by atoms with E-state index in [1.807, 2.05) is 6.07 Å². The van der Waals surface area contributed by atoms with Gasteiger partial charge in [0.1, 0.15) is 0 Å². The quantitative estimate of drug-likeness (QED) is 0.927. The topological polar surface area (TPSA) is 66.5 Å². The number of carbonyl (C=O) groups is 3. The van der Waals surface area contributed by atoms with Crippen LogP contribution in [0.1, 0.15) is 34.1 Å². The van der Waals surface area contributed by atoms with Crippen molar-refractivity contribution >= 4 is 29.0 Å². The van der Waals surface area contributed by atoms with E-state index in [9.17, 15) is 14.4 Å². The van der Waals surface area contributed by atoms with Crippen molar-refractivity contribution in [3.05, 3.63) is 59.7 Å². The second-order valence-corrected chi connectivity index (χ2v) is 5.41. The minimum Gasteiger partial charge on any atom is -0.326 e. The summed E-state index contributed by atoms with van der Waals surface area (Å²) in [4.78, 5) is 37.6. The van der Waals surface area contributed by atoms with E-state index in [-0.39, 0.29) is 17.6 Å². The standard InChI is InChI=1S/C18H16N2O3/c1-12(21)19-14-6-4-5-13(11-14)18(23)20-10-9-17(22)15-7-2-3-8-16(15)20/h2-8,11H,9-10H2,1H3,(H,19,21). The van der Waals surface area contributed by atoms with Gasteiger partial charge in [0.15, 0.2) is 5.78 Å². The molecule has 0 bridgehead atoms. The summed E-state index contributed by atoms with van der Waals surface area (Å²) in [6, 6.07) is 13.9. The summed E-state index contributed by atoms with van der Waals surface area (Å²) in [6.45, 7) is 1.78. The van der Waals surface area contributed by atoms with E-state index >= 15 is 0 Å². The van der Waals surface area contributed by atoms with E-state index in [1.54, 1.807) is 47.4 Å². The van der Waals surface area contributed by atoms with Crippen LogP contribution in [0.3, 0.4) is 0 Å². The van der Waals surface area contributed by atoms with E-state index in [0.29, 0.717) is 35.5 Å². The number of anilines is 2. The van der Waals surface area contributed by atoms with Crippen LogP contribution in [-0.4, -0.2) is 24.1 Å². The first-order valence-electron chi connectivity index (χ1n) is 7.38. The zero-order valence-corrected chi connectivity index (χ0v) is 12.7. The molecule has 2 aromatic rings. The molecule has 0 saturated heterocycles.